The molecule has 1 aliphatic heterocycles. The van der Waals surface area contributed by atoms with E-state index in [1.807, 2.05) is 6.92 Å². The molecule has 0 bridgehead atoms. The van der Waals surface area contributed by atoms with Crippen LogP contribution in [0.4, 0.5) is 4.39 Å². The van der Waals surface area contributed by atoms with Crippen LogP contribution < -0.4 is 4.74 Å². The summed E-state index contributed by atoms with van der Waals surface area (Å²) in [5.41, 5.74) is 0.968. The average molecular weight is 585 g/mol. The minimum atomic E-state index is -0.789. The SMILES string of the molecule is CCCCCCCCC1COC(c2ccc(C(=O)Oc3ccc(C(=O)OC(CC)CCCCCC)c(F)c3)cc2)OC1. The van der Waals surface area contributed by atoms with E-state index < -0.39 is 24.0 Å². The number of carbonyl (C=O) groups excluding carboxylic acids is 2. The first-order valence-corrected chi connectivity index (χ1v) is 16.0. The molecule has 42 heavy (non-hydrogen) atoms. The number of ether oxygens (including phenoxy) is 4. The smallest absolute Gasteiger partial charge is 0.343 e. The molecule has 2 aromatic rings. The zero-order chi connectivity index (χ0) is 30.2. The maximum atomic E-state index is 14.8. The van der Waals surface area contributed by atoms with E-state index in [1.54, 1.807) is 24.3 Å². The van der Waals surface area contributed by atoms with Crippen LogP contribution in [-0.4, -0.2) is 31.3 Å². The standard InChI is InChI=1S/C35H49FO6/c1-4-7-9-11-12-13-15-26-24-39-35(40-25-26)28-19-17-27(18-20-28)33(37)42-30-21-22-31(32(36)23-30)34(38)41-29(6-3)16-14-10-8-5-2/h17-23,26,29,35H,4-16,24-25H2,1-3H3. The molecule has 0 N–H and O–H groups in total. The molecule has 6 nitrogen and oxygen atoms in total. The molecule has 7 heteroatoms. The first-order valence-electron chi connectivity index (χ1n) is 16.0. The summed E-state index contributed by atoms with van der Waals surface area (Å²) in [7, 11) is 0. The first kappa shape index (κ1) is 33.7. The fourth-order valence-electron chi connectivity index (χ4n) is 5.14. The topological polar surface area (TPSA) is 71.1 Å². The van der Waals surface area contributed by atoms with E-state index in [9.17, 15) is 14.0 Å². The van der Waals surface area contributed by atoms with Crippen molar-refractivity contribution in [1.29, 1.82) is 0 Å². The van der Waals surface area contributed by atoms with Gasteiger partial charge in [-0.15, -0.1) is 0 Å². The Balaban J connectivity index is 1.45. The summed E-state index contributed by atoms with van der Waals surface area (Å²) < 4.78 is 37.6. The Morgan fingerprint density at radius 3 is 2.12 bits per heavy atom. The van der Waals surface area contributed by atoms with Crippen molar-refractivity contribution in [2.45, 2.75) is 117 Å². The molecule has 232 valence electrons. The van der Waals surface area contributed by atoms with Gasteiger partial charge >= 0.3 is 11.9 Å². The summed E-state index contributed by atoms with van der Waals surface area (Å²) in [5.74, 6) is -1.69. The second-order valence-corrected chi connectivity index (χ2v) is 11.4. The van der Waals surface area contributed by atoms with E-state index in [0.717, 1.165) is 50.2 Å². The Hall–Kier alpha value is -2.77. The Morgan fingerprint density at radius 1 is 0.833 bits per heavy atom. The molecule has 1 atom stereocenters. The van der Waals surface area contributed by atoms with Gasteiger partial charge < -0.3 is 18.9 Å². The van der Waals surface area contributed by atoms with Crippen LogP contribution in [0.5, 0.6) is 5.75 Å². The zero-order valence-corrected chi connectivity index (χ0v) is 25.7. The summed E-state index contributed by atoms with van der Waals surface area (Å²) >= 11 is 0. The van der Waals surface area contributed by atoms with Gasteiger partial charge in [-0.3, -0.25) is 0 Å². The molecule has 0 spiro atoms. The number of benzene rings is 2. The molecule has 0 saturated carbocycles. The van der Waals surface area contributed by atoms with E-state index in [-0.39, 0.29) is 17.4 Å². The lowest BCUT2D eigenvalue weighted by molar-refractivity contribution is -0.206. The van der Waals surface area contributed by atoms with Gasteiger partial charge in [0.1, 0.15) is 17.7 Å². The molecule has 1 fully saturated rings. The molecular weight excluding hydrogens is 535 g/mol. The highest BCUT2D eigenvalue weighted by molar-refractivity contribution is 5.92. The monoisotopic (exact) mass is 584 g/mol. The molecule has 0 radical (unpaired) electrons. The minimum Gasteiger partial charge on any atom is -0.459 e. The third kappa shape index (κ3) is 11.1. The Morgan fingerprint density at radius 2 is 1.48 bits per heavy atom. The summed E-state index contributed by atoms with van der Waals surface area (Å²) in [5, 5.41) is 0. The number of carbonyl (C=O) groups is 2. The summed E-state index contributed by atoms with van der Waals surface area (Å²) in [6.45, 7) is 7.65. The van der Waals surface area contributed by atoms with Crippen LogP contribution >= 0.6 is 0 Å². The number of esters is 2. The van der Waals surface area contributed by atoms with Gasteiger partial charge in [0.25, 0.3) is 0 Å². The number of halogens is 1. The fourth-order valence-corrected chi connectivity index (χ4v) is 5.14. The lowest BCUT2D eigenvalue weighted by Crippen LogP contribution is -2.27. The Kier molecular flexibility index (Phi) is 15.0. The van der Waals surface area contributed by atoms with Gasteiger partial charge in [-0.1, -0.05) is 90.7 Å². The largest absolute Gasteiger partial charge is 0.459 e. The van der Waals surface area contributed by atoms with Crippen LogP contribution in [0.1, 0.15) is 137 Å². The van der Waals surface area contributed by atoms with Crippen molar-refractivity contribution < 1.29 is 32.9 Å². The average Bonchev–Trinajstić information content (AvgIpc) is 3.00. The number of unbranched alkanes of at least 4 members (excludes halogenated alkanes) is 8. The van der Waals surface area contributed by atoms with E-state index in [1.165, 1.54) is 50.7 Å². The molecule has 2 aromatic carbocycles. The van der Waals surface area contributed by atoms with Gasteiger partial charge in [0.2, 0.25) is 0 Å². The molecule has 1 aliphatic rings. The third-order valence-corrected chi connectivity index (χ3v) is 7.83. The molecule has 1 unspecified atom stereocenters. The lowest BCUT2D eigenvalue weighted by atomic mass is 10.0. The van der Waals surface area contributed by atoms with Gasteiger partial charge in [0.05, 0.1) is 24.3 Å². The molecule has 0 aliphatic carbocycles. The quantitative estimate of drug-likeness (QED) is 0.0988. The summed E-state index contributed by atoms with van der Waals surface area (Å²) in [6, 6.07) is 10.6. The number of hydrogen-bond donors (Lipinski definition) is 0. The lowest BCUT2D eigenvalue weighted by Gasteiger charge is -2.29. The van der Waals surface area contributed by atoms with Gasteiger partial charge in [0.15, 0.2) is 6.29 Å². The molecule has 3 rings (SSSR count). The Labute approximate surface area is 251 Å². The van der Waals surface area contributed by atoms with Crippen LogP contribution in [0.3, 0.4) is 0 Å². The van der Waals surface area contributed by atoms with Crippen molar-refractivity contribution in [2.24, 2.45) is 5.92 Å². The van der Waals surface area contributed by atoms with Crippen LogP contribution in [0, 0.1) is 11.7 Å². The summed E-state index contributed by atoms with van der Waals surface area (Å²) in [6.07, 6.45) is 13.8. The fraction of sp³-hybridized carbons (Fsp3) is 0.600. The zero-order valence-electron chi connectivity index (χ0n) is 25.7. The number of rotatable bonds is 18. The molecule has 1 heterocycles. The molecular formula is C35H49FO6. The second-order valence-electron chi connectivity index (χ2n) is 11.4. The van der Waals surface area contributed by atoms with Crippen molar-refractivity contribution in [3.05, 3.63) is 65.0 Å². The predicted octanol–water partition coefficient (Wildman–Crippen LogP) is 9.36. The van der Waals surface area contributed by atoms with E-state index >= 15 is 0 Å². The first-order chi connectivity index (χ1) is 20.4. The second kappa shape index (κ2) is 18.7. The van der Waals surface area contributed by atoms with Gasteiger partial charge in [-0.05, 0) is 49.9 Å². The van der Waals surface area contributed by atoms with E-state index in [0.29, 0.717) is 31.1 Å². The van der Waals surface area contributed by atoms with Crippen molar-refractivity contribution >= 4 is 11.9 Å². The van der Waals surface area contributed by atoms with Crippen LogP contribution in [0.15, 0.2) is 42.5 Å². The maximum absolute atomic E-state index is 14.8. The van der Waals surface area contributed by atoms with Crippen molar-refractivity contribution in [1.82, 2.24) is 0 Å². The highest BCUT2D eigenvalue weighted by Crippen LogP contribution is 2.28. The van der Waals surface area contributed by atoms with Crippen LogP contribution in [0.2, 0.25) is 0 Å². The number of hydrogen-bond acceptors (Lipinski definition) is 6. The maximum Gasteiger partial charge on any atom is 0.343 e. The minimum absolute atomic E-state index is 0.0140. The van der Waals surface area contributed by atoms with Crippen molar-refractivity contribution in [3.8, 4) is 5.75 Å². The highest BCUT2D eigenvalue weighted by atomic mass is 19.1. The molecule has 0 amide bonds. The predicted molar refractivity (Wildman–Crippen MR) is 162 cm³/mol. The summed E-state index contributed by atoms with van der Waals surface area (Å²) in [4.78, 5) is 25.2. The van der Waals surface area contributed by atoms with Crippen LogP contribution in [-0.2, 0) is 14.2 Å². The van der Waals surface area contributed by atoms with E-state index in [4.69, 9.17) is 18.9 Å². The Bertz CT molecular complexity index is 1080. The van der Waals surface area contributed by atoms with E-state index in [2.05, 4.69) is 13.8 Å². The molecule has 0 aromatic heterocycles. The third-order valence-electron chi connectivity index (χ3n) is 7.83. The van der Waals surface area contributed by atoms with Gasteiger partial charge in [0, 0.05) is 17.5 Å². The van der Waals surface area contributed by atoms with Crippen molar-refractivity contribution in [3.63, 3.8) is 0 Å². The van der Waals surface area contributed by atoms with Gasteiger partial charge in [-0.2, -0.15) is 0 Å². The normalized spacial score (nSPS) is 17.5. The highest BCUT2D eigenvalue weighted by Gasteiger charge is 2.24. The molecule has 1 saturated heterocycles. The van der Waals surface area contributed by atoms with Gasteiger partial charge in [-0.25, -0.2) is 14.0 Å². The van der Waals surface area contributed by atoms with Crippen molar-refractivity contribution in [2.75, 3.05) is 13.2 Å². The van der Waals surface area contributed by atoms with Crippen LogP contribution in [0.25, 0.3) is 0 Å².